The number of hydrogen-bond acceptors (Lipinski definition) is 3. The number of ether oxygens (including phenoxy) is 1. The van der Waals surface area contributed by atoms with E-state index in [-0.39, 0.29) is 11.9 Å². The van der Waals surface area contributed by atoms with Gasteiger partial charge in [-0.3, -0.25) is 4.57 Å². The van der Waals surface area contributed by atoms with Crippen LogP contribution in [-0.4, -0.2) is 29.2 Å². The van der Waals surface area contributed by atoms with Crippen LogP contribution in [0.5, 0.6) is 0 Å². The van der Waals surface area contributed by atoms with Gasteiger partial charge >= 0.3 is 0 Å². The van der Waals surface area contributed by atoms with Gasteiger partial charge in [-0.1, -0.05) is 11.6 Å². The molecule has 6 heteroatoms. The second-order valence-corrected chi connectivity index (χ2v) is 4.75. The second kappa shape index (κ2) is 5.28. The lowest BCUT2D eigenvalue weighted by Gasteiger charge is -2.24. The van der Waals surface area contributed by atoms with Crippen LogP contribution in [0.4, 0.5) is 4.39 Å². The van der Waals surface area contributed by atoms with E-state index < -0.39 is 0 Å². The molecule has 1 aliphatic rings. The Morgan fingerprint density at radius 2 is 2.37 bits per heavy atom. The fourth-order valence-corrected chi connectivity index (χ4v) is 2.38. The minimum Gasteiger partial charge on any atom is -0.369 e. The summed E-state index contributed by atoms with van der Waals surface area (Å²) in [4.78, 5) is 4.12. The van der Waals surface area contributed by atoms with Gasteiger partial charge in [-0.15, -0.1) is 0 Å². The maximum atomic E-state index is 13.4. The monoisotopic (exact) mass is 281 g/mol. The van der Waals surface area contributed by atoms with Gasteiger partial charge in [0.25, 0.3) is 0 Å². The van der Waals surface area contributed by atoms with Gasteiger partial charge in [0.2, 0.25) is 0 Å². The molecule has 2 aromatic rings. The number of aromatic nitrogens is 2. The highest BCUT2D eigenvalue weighted by molar-refractivity contribution is 6.32. The fraction of sp³-hybridized carbons (Fsp3) is 0.308. The fourth-order valence-electron chi connectivity index (χ4n) is 2.17. The molecule has 1 aromatic heterocycles. The molecule has 0 saturated carbocycles. The molecule has 1 atom stereocenters. The minimum atomic E-state index is -0.332. The molecule has 0 radical (unpaired) electrons. The standard InChI is InChI=1S/C13H13ClFN3O/c14-10-2-1-9(15)5-11(10)18-8-17-6-12(18)13-7-16-3-4-19-13/h1-2,5-6,8,13,16H,3-4,7H2. The van der Waals surface area contributed by atoms with Crippen molar-refractivity contribution in [1.82, 2.24) is 14.9 Å². The van der Waals surface area contributed by atoms with Crippen molar-refractivity contribution in [1.29, 1.82) is 0 Å². The first-order valence-electron chi connectivity index (χ1n) is 6.05. The van der Waals surface area contributed by atoms with E-state index in [1.807, 2.05) is 0 Å². The highest BCUT2D eigenvalue weighted by atomic mass is 35.5. The highest BCUT2D eigenvalue weighted by Gasteiger charge is 2.21. The van der Waals surface area contributed by atoms with Crippen LogP contribution in [0.2, 0.25) is 5.02 Å². The Balaban J connectivity index is 2.01. The van der Waals surface area contributed by atoms with Crippen LogP contribution in [-0.2, 0) is 4.74 Å². The van der Waals surface area contributed by atoms with Gasteiger partial charge in [-0.2, -0.15) is 0 Å². The topological polar surface area (TPSA) is 39.1 Å². The van der Waals surface area contributed by atoms with Crippen molar-refractivity contribution in [3.63, 3.8) is 0 Å². The molecule has 100 valence electrons. The van der Waals surface area contributed by atoms with Gasteiger partial charge in [-0.25, -0.2) is 9.37 Å². The quantitative estimate of drug-likeness (QED) is 0.918. The Hall–Kier alpha value is -1.43. The number of nitrogens with one attached hydrogen (secondary N) is 1. The van der Waals surface area contributed by atoms with E-state index in [0.717, 1.165) is 12.2 Å². The van der Waals surface area contributed by atoms with E-state index in [9.17, 15) is 4.39 Å². The van der Waals surface area contributed by atoms with Gasteiger partial charge in [0, 0.05) is 13.1 Å². The van der Waals surface area contributed by atoms with Crippen LogP contribution < -0.4 is 5.32 Å². The first-order chi connectivity index (χ1) is 9.25. The third-order valence-electron chi connectivity index (χ3n) is 3.09. The lowest BCUT2D eigenvalue weighted by Crippen LogP contribution is -2.34. The van der Waals surface area contributed by atoms with E-state index in [1.54, 1.807) is 17.1 Å². The molecule has 0 spiro atoms. The molecule has 1 aromatic carbocycles. The maximum absolute atomic E-state index is 13.4. The van der Waals surface area contributed by atoms with Crippen molar-refractivity contribution in [2.24, 2.45) is 0 Å². The zero-order chi connectivity index (χ0) is 13.2. The summed E-state index contributed by atoms with van der Waals surface area (Å²) >= 11 is 6.13. The third-order valence-corrected chi connectivity index (χ3v) is 3.41. The summed E-state index contributed by atoms with van der Waals surface area (Å²) in [6.07, 6.45) is 3.24. The van der Waals surface area contributed by atoms with Crippen molar-refractivity contribution in [3.8, 4) is 5.69 Å². The van der Waals surface area contributed by atoms with E-state index >= 15 is 0 Å². The molecule has 1 saturated heterocycles. The summed E-state index contributed by atoms with van der Waals surface area (Å²) in [7, 11) is 0. The molecule has 19 heavy (non-hydrogen) atoms. The molecule has 2 heterocycles. The summed E-state index contributed by atoms with van der Waals surface area (Å²) in [5.41, 5.74) is 1.43. The lowest BCUT2D eigenvalue weighted by molar-refractivity contribution is 0.0240. The van der Waals surface area contributed by atoms with Crippen molar-refractivity contribution in [2.75, 3.05) is 19.7 Å². The molecule has 0 aliphatic carbocycles. The van der Waals surface area contributed by atoms with Crippen LogP contribution in [0, 0.1) is 5.82 Å². The number of morpholine rings is 1. The van der Waals surface area contributed by atoms with Crippen LogP contribution in [0.3, 0.4) is 0 Å². The van der Waals surface area contributed by atoms with Crippen molar-refractivity contribution in [2.45, 2.75) is 6.10 Å². The number of nitrogens with zero attached hydrogens (tertiary/aromatic N) is 2. The first-order valence-corrected chi connectivity index (χ1v) is 6.43. The Morgan fingerprint density at radius 1 is 1.47 bits per heavy atom. The van der Waals surface area contributed by atoms with Crippen LogP contribution in [0.15, 0.2) is 30.7 Å². The van der Waals surface area contributed by atoms with Crippen molar-refractivity contribution in [3.05, 3.63) is 47.3 Å². The van der Waals surface area contributed by atoms with Crippen molar-refractivity contribution < 1.29 is 9.13 Å². The third kappa shape index (κ3) is 2.49. The summed E-state index contributed by atoms with van der Waals surface area (Å²) in [6.45, 7) is 2.19. The number of halogens is 2. The van der Waals surface area contributed by atoms with E-state index in [1.165, 1.54) is 18.2 Å². The van der Waals surface area contributed by atoms with Crippen molar-refractivity contribution >= 4 is 11.6 Å². The Labute approximate surface area is 115 Å². The molecule has 1 fully saturated rings. The summed E-state index contributed by atoms with van der Waals surface area (Å²) in [5, 5.41) is 3.73. The summed E-state index contributed by atoms with van der Waals surface area (Å²) in [5.74, 6) is -0.332. The largest absolute Gasteiger partial charge is 0.369 e. The molecule has 1 N–H and O–H groups in total. The predicted octanol–water partition coefficient (Wildman–Crippen LogP) is 2.33. The number of hydrogen-bond donors (Lipinski definition) is 1. The predicted molar refractivity (Wildman–Crippen MR) is 70.1 cm³/mol. The van der Waals surface area contributed by atoms with Gasteiger partial charge in [-0.05, 0) is 18.2 Å². The molecular weight excluding hydrogens is 269 g/mol. The average Bonchev–Trinajstić information content (AvgIpc) is 2.91. The molecular formula is C13H13ClFN3O. The number of benzene rings is 1. The number of rotatable bonds is 2. The normalized spacial score (nSPS) is 19.6. The molecule has 3 rings (SSSR count). The molecule has 0 amide bonds. The second-order valence-electron chi connectivity index (χ2n) is 4.35. The van der Waals surface area contributed by atoms with E-state index in [4.69, 9.17) is 16.3 Å². The zero-order valence-corrected chi connectivity index (χ0v) is 10.9. The van der Waals surface area contributed by atoms with E-state index in [2.05, 4.69) is 10.3 Å². The zero-order valence-electron chi connectivity index (χ0n) is 10.1. The lowest BCUT2D eigenvalue weighted by atomic mass is 10.2. The van der Waals surface area contributed by atoms with Crippen LogP contribution >= 0.6 is 11.6 Å². The smallest absolute Gasteiger partial charge is 0.125 e. The minimum absolute atomic E-state index is 0.101. The van der Waals surface area contributed by atoms with Gasteiger partial charge < -0.3 is 10.1 Å². The molecule has 1 unspecified atom stereocenters. The first kappa shape index (κ1) is 12.6. The SMILES string of the molecule is Fc1ccc(Cl)c(-n2cncc2C2CNCCO2)c1. The Bertz CT molecular complexity index is 581. The maximum Gasteiger partial charge on any atom is 0.125 e. The van der Waals surface area contributed by atoms with Crippen LogP contribution in [0.1, 0.15) is 11.8 Å². The van der Waals surface area contributed by atoms with Gasteiger partial charge in [0.05, 0.1) is 35.5 Å². The molecule has 4 nitrogen and oxygen atoms in total. The van der Waals surface area contributed by atoms with Crippen LogP contribution in [0.25, 0.3) is 5.69 Å². The summed E-state index contributed by atoms with van der Waals surface area (Å²) < 4.78 is 20.8. The Kier molecular flexibility index (Phi) is 3.50. The molecule has 0 bridgehead atoms. The summed E-state index contributed by atoms with van der Waals surface area (Å²) in [6, 6.07) is 4.26. The van der Waals surface area contributed by atoms with Gasteiger partial charge in [0.15, 0.2) is 0 Å². The van der Waals surface area contributed by atoms with Gasteiger partial charge in [0.1, 0.15) is 11.9 Å². The average molecular weight is 282 g/mol. The molecule has 1 aliphatic heterocycles. The van der Waals surface area contributed by atoms with E-state index in [0.29, 0.717) is 23.9 Å². The number of imidazole rings is 1. The Morgan fingerprint density at radius 3 is 3.16 bits per heavy atom. The highest BCUT2D eigenvalue weighted by Crippen LogP contribution is 2.26.